The maximum absolute atomic E-state index is 13.2. The van der Waals surface area contributed by atoms with E-state index in [-0.39, 0.29) is 6.61 Å². The number of carbonyl (C=O) groups is 2. The molecule has 0 unspecified atom stereocenters. The van der Waals surface area contributed by atoms with Crippen LogP contribution < -0.4 is 29.7 Å². The summed E-state index contributed by atoms with van der Waals surface area (Å²) in [6.07, 6.45) is 0. The lowest BCUT2D eigenvalue weighted by atomic mass is 9.93. The van der Waals surface area contributed by atoms with E-state index in [2.05, 4.69) is 26.5 Å². The van der Waals surface area contributed by atoms with Gasteiger partial charge in [0.05, 0.1) is 39.6 Å². The summed E-state index contributed by atoms with van der Waals surface area (Å²) in [5.41, 5.74) is 2.58. The number of hydrogen-bond donors (Lipinski definition) is 2. The third-order valence-corrected chi connectivity index (χ3v) is 6.57. The van der Waals surface area contributed by atoms with Crippen LogP contribution in [0.3, 0.4) is 0 Å². The highest BCUT2D eigenvalue weighted by Gasteiger charge is 2.36. The van der Waals surface area contributed by atoms with Gasteiger partial charge in [-0.05, 0) is 25.1 Å². The van der Waals surface area contributed by atoms with Gasteiger partial charge in [0.15, 0.2) is 11.5 Å². The number of hydrogen-bond acceptors (Lipinski definition) is 8. The molecule has 198 valence electrons. The summed E-state index contributed by atoms with van der Waals surface area (Å²) in [7, 11) is 4.73. The molecule has 4 rings (SSSR count). The zero-order valence-electron chi connectivity index (χ0n) is 21.7. The van der Waals surface area contributed by atoms with Gasteiger partial charge in [-0.1, -0.05) is 18.2 Å². The molecule has 2 aliphatic heterocycles. The smallest absolute Gasteiger partial charge is 0.338 e. The predicted molar refractivity (Wildman–Crippen MR) is 139 cm³/mol. The van der Waals surface area contributed by atoms with Gasteiger partial charge in [-0.3, -0.25) is 4.90 Å². The molecule has 2 amide bonds. The minimum Gasteiger partial charge on any atom is -0.497 e. The summed E-state index contributed by atoms with van der Waals surface area (Å²) in [4.78, 5) is 30.5. The van der Waals surface area contributed by atoms with E-state index in [0.29, 0.717) is 34.9 Å². The van der Waals surface area contributed by atoms with Crippen molar-refractivity contribution in [1.82, 2.24) is 15.5 Å². The third-order valence-electron chi connectivity index (χ3n) is 6.57. The van der Waals surface area contributed by atoms with Crippen molar-refractivity contribution in [3.05, 3.63) is 59.3 Å². The van der Waals surface area contributed by atoms with Crippen LogP contribution in [0.2, 0.25) is 0 Å². The Bertz CT molecular complexity index is 1160. The monoisotopic (exact) mass is 510 g/mol. The molecule has 10 heteroatoms. The molecule has 37 heavy (non-hydrogen) atoms. The lowest BCUT2D eigenvalue weighted by Crippen LogP contribution is -2.51. The van der Waals surface area contributed by atoms with E-state index in [9.17, 15) is 9.59 Å². The van der Waals surface area contributed by atoms with Crippen LogP contribution in [0.25, 0.3) is 0 Å². The number of amides is 2. The number of methoxy groups -OCH3 is 3. The SMILES string of the molecule is CCOC(=O)C1=C(CN2CCN(c3cccc(OC)c3)CC2)NC(=O)N[C@H]1c1cccc(OC)c1OC. The minimum absolute atomic E-state index is 0.213. The maximum atomic E-state index is 13.2. The molecule has 2 aromatic rings. The molecule has 0 saturated carbocycles. The number of urea groups is 1. The average Bonchev–Trinajstić information content (AvgIpc) is 2.92. The average molecular weight is 511 g/mol. The van der Waals surface area contributed by atoms with Crippen LogP contribution in [0.5, 0.6) is 17.2 Å². The fourth-order valence-electron chi connectivity index (χ4n) is 4.76. The first-order valence-electron chi connectivity index (χ1n) is 12.3. The van der Waals surface area contributed by atoms with Crippen molar-refractivity contribution in [2.75, 3.05) is 65.6 Å². The van der Waals surface area contributed by atoms with Gasteiger partial charge in [0, 0.05) is 55.7 Å². The van der Waals surface area contributed by atoms with Crippen molar-refractivity contribution in [1.29, 1.82) is 0 Å². The normalized spacial score (nSPS) is 18.1. The number of rotatable bonds is 9. The largest absolute Gasteiger partial charge is 0.497 e. The Balaban J connectivity index is 1.60. The van der Waals surface area contributed by atoms with E-state index >= 15 is 0 Å². The Morgan fingerprint density at radius 1 is 1.00 bits per heavy atom. The molecule has 2 aliphatic rings. The second-order valence-corrected chi connectivity index (χ2v) is 8.69. The van der Waals surface area contributed by atoms with Crippen LogP contribution in [-0.4, -0.2) is 77.6 Å². The molecule has 2 aromatic carbocycles. The van der Waals surface area contributed by atoms with E-state index < -0.39 is 18.0 Å². The summed E-state index contributed by atoms with van der Waals surface area (Å²) in [6, 6.07) is 12.2. The summed E-state index contributed by atoms with van der Waals surface area (Å²) in [6.45, 7) is 5.48. The van der Waals surface area contributed by atoms with Crippen molar-refractivity contribution >= 4 is 17.7 Å². The molecule has 0 radical (unpaired) electrons. The second kappa shape index (κ2) is 11.9. The number of esters is 1. The Hall–Kier alpha value is -3.92. The van der Waals surface area contributed by atoms with Gasteiger partial charge in [-0.25, -0.2) is 9.59 Å². The molecule has 2 N–H and O–H groups in total. The zero-order chi connectivity index (χ0) is 26.4. The molecule has 10 nitrogen and oxygen atoms in total. The van der Waals surface area contributed by atoms with Crippen molar-refractivity contribution < 1.29 is 28.5 Å². The number of piperazine rings is 1. The molecule has 2 heterocycles. The van der Waals surface area contributed by atoms with Crippen LogP contribution in [0.1, 0.15) is 18.5 Å². The molecule has 0 aromatic heterocycles. The highest BCUT2D eigenvalue weighted by atomic mass is 16.5. The molecular weight excluding hydrogens is 476 g/mol. The number of nitrogens with zero attached hydrogens (tertiary/aromatic N) is 2. The number of nitrogens with one attached hydrogen (secondary N) is 2. The Morgan fingerprint density at radius 2 is 1.76 bits per heavy atom. The number of benzene rings is 2. The van der Waals surface area contributed by atoms with Gasteiger partial charge in [0.1, 0.15) is 5.75 Å². The lowest BCUT2D eigenvalue weighted by Gasteiger charge is -2.38. The quantitative estimate of drug-likeness (QED) is 0.497. The number of ether oxygens (including phenoxy) is 4. The first-order chi connectivity index (χ1) is 18.0. The second-order valence-electron chi connectivity index (χ2n) is 8.69. The van der Waals surface area contributed by atoms with E-state index in [1.54, 1.807) is 39.3 Å². The van der Waals surface area contributed by atoms with E-state index in [4.69, 9.17) is 18.9 Å². The first-order valence-corrected chi connectivity index (χ1v) is 12.3. The molecule has 0 spiro atoms. The third kappa shape index (κ3) is 5.75. The van der Waals surface area contributed by atoms with Crippen molar-refractivity contribution in [3.8, 4) is 17.2 Å². The Morgan fingerprint density at radius 3 is 2.43 bits per heavy atom. The first kappa shape index (κ1) is 26.2. The van der Waals surface area contributed by atoms with Gasteiger partial charge >= 0.3 is 12.0 Å². The van der Waals surface area contributed by atoms with Crippen LogP contribution in [0.15, 0.2) is 53.7 Å². The highest BCUT2D eigenvalue weighted by Crippen LogP contribution is 2.39. The standard InChI is InChI=1S/C27H34N4O6/c1-5-37-26(32)23-21(17-30-12-14-31(15-13-30)18-8-6-9-19(16-18)34-2)28-27(33)29-24(23)20-10-7-11-22(35-3)25(20)36-4/h6-11,16,24H,5,12-15,17H2,1-4H3,(H2,28,29,33)/t24-/m0/s1. The van der Waals surface area contributed by atoms with E-state index in [0.717, 1.165) is 37.6 Å². The van der Waals surface area contributed by atoms with Gasteiger partial charge in [-0.2, -0.15) is 0 Å². The fraction of sp³-hybridized carbons (Fsp3) is 0.407. The molecule has 1 saturated heterocycles. The van der Waals surface area contributed by atoms with Crippen molar-refractivity contribution in [2.24, 2.45) is 0 Å². The molecule has 0 aliphatic carbocycles. The van der Waals surface area contributed by atoms with Gasteiger partial charge in [0.2, 0.25) is 0 Å². The van der Waals surface area contributed by atoms with Gasteiger partial charge in [0.25, 0.3) is 0 Å². The van der Waals surface area contributed by atoms with Crippen LogP contribution in [-0.2, 0) is 9.53 Å². The van der Waals surface area contributed by atoms with Crippen LogP contribution in [0.4, 0.5) is 10.5 Å². The molecular formula is C27H34N4O6. The van der Waals surface area contributed by atoms with Crippen LogP contribution >= 0.6 is 0 Å². The molecule has 1 fully saturated rings. The molecule has 1 atom stereocenters. The maximum Gasteiger partial charge on any atom is 0.338 e. The summed E-state index contributed by atoms with van der Waals surface area (Å²) >= 11 is 0. The minimum atomic E-state index is -0.758. The highest BCUT2D eigenvalue weighted by molar-refractivity contribution is 5.95. The van der Waals surface area contributed by atoms with E-state index in [1.165, 1.54) is 7.11 Å². The molecule has 0 bridgehead atoms. The number of para-hydroxylation sites is 1. The number of carbonyl (C=O) groups excluding carboxylic acids is 2. The van der Waals surface area contributed by atoms with Gasteiger partial charge < -0.3 is 34.5 Å². The van der Waals surface area contributed by atoms with Crippen molar-refractivity contribution in [3.63, 3.8) is 0 Å². The Labute approximate surface area is 217 Å². The van der Waals surface area contributed by atoms with E-state index in [1.807, 2.05) is 18.2 Å². The zero-order valence-corrected chi connectivity index (χ0v) is 21.7. The summed E-state index contributed by atoms with van der Waals surface area (Å²) in [5.74, 6) is 1.28. The van der Waals surface area contributed by atoms with Crippen LogP contribution in [0, 0.1) is 0 Å². The summed E-state index contributed by atoms with van der Waals surface area (Å²) in [5, 5.41) is 5.73. The summed E-state index contributed by atoms with van der Waals surface area (Å²) < 4.78 is 21.8. The fourth-order valence-corrected chi connectivity index (χ4v) is 4.76. The lowest BCUT2D eigenvalue weighted by molar-refractivity contribution is -0.139. The number of anilines is 1. The van der Waals surface area contributed by atoms with Crippen molar-refractivity contribution in [2.45, 2.75) is 13.0 Å². The topological polar surface area (TPSA) is 102 Å². The van der Waals surface area contributed by atoms with Gasteiger partial charge in [-0.15, -0.1) is 0 Å². The Kier molecular flexibility index (Phi) is 8.39. The predicted octanol–water partition coefficient (Wildman–Crippen LogP) is 2.71.